The third-order valence-corrected chi connectivity index (χ3v) is 4.12. The molecule has 1 aromatic rings. The van der Waals surface area contributed by atoms with Crippen LogP contribution in [0.15, 0.2) is 18.2 Å². The fraction of sp³-hybridized carbons (Fsp3) is 0.500. The number of hydrogen-bond acceptors (Lipinski definition) is 4. The largest absolute Gasteiger partial charge is 0.449 e. The standard InChI is InChI=1S/C18H22ClNO4/c1-3-9-24-18(23)20(4-2)15-10-13(19)7-8-14(15)17(22)11-16(21)12-5-6-12/h7-8,10,12H,3-6,9,11H2,1-2H3. The molecule has 130 valence electrons. The van der Waals surface area contributed by atoms with Crippen molar-refractivity contribution in [2.75, 3.05) is 18.1 Å². The van der Waals surface area contributed by atoms with E-state index >= 15 is 0 Å². The smallest absolute Gasteiger partial charge is 0.414 e. The number of hydrogen-bond donors (Lipinski definition) is 0. The molecule has 1 aliphatic carbocycles. The lowest BCUT2D eigenvalue weighted by molar-refractivity contribution is -0.119. The summed E-state index contributed by atoms with van der Waals surface area (Å²) in [4.78, 5) is 38.1. The van der Waals surface area contributed by atoms with Gasteiger partial charge >= 0.3 is 6.09 Å². The molecule has 6 heteroatoms. The molecule has 1 aromatic carbocycles. The number of benzene rings is 1. The Labute approximate surface area is 146 Å². The van der Waals surface area contributed by atoms with Gasteiger partial charge in [0.2, 0.25) is 0 Å². The Balaban J connectivity index is 2.26. The van der Waals surface area contributed by atoms with Crippen LogP contribution in [0.1, 0.15) is 49.9 Å². The summed E-state index contributed by atoms with van der Waals surface area (Å²) in [6, 6.07) is 4.72. The van der Waals surface area contributed by atoms with Gasteiger partial charge in [-0.2, -0.15) is 0 Å². The van der Waals surface area contributed by atoms with Gasteiger partial charge in [0.25, 0.3) is 0 Å². The number of amides is 1. The monoisotopic (exact) mass is 351 g/mol. The van der Waals surface area contributed by atoms with Crippen molar-refractivity contribution >= 4 is 34.9 Å². The maximum Gasteiger partial charge on any atom is 0.414 e. The van der Waals surface area contributed by atoms with E-state index < -0.39 is 6.09 Å². The minimum absolute atomic E-state index is 0.0292. The summed E-state index contributed by atoms with van der Waals surface area (Å²) in [5, 5.41) is 0.414. The minimum atomic E-state index is -0.524. The second-order valence-electron chi connectivity index (χ2n) is 5.86. The molecule has 0 saturated heterocycles. The van der Waals surface area contributed by atoms with E-state index in [4.69, 9.17) is 16.3 Å². The van der Waals surface area contributed by atoms with Gasteiger partial charge in [-0.25, -0.2) is 4.79 Å². The van der Waals surface area contributed by atoms with Crippen LogP contribution < -0.4 is 4.90 Å². The van der Waals surface area contributed by atoms with E-state index in [2.05, 4.69) is 0 Å². The molecule has 0 unspecified atom stereocenters. The molecule has 0 aliphatic heterocycles. The van der Waals surface area contributed by atoms with Gasteiger partial charge in [-0.15, -0.1) is 0 Å². The van der Waals surface area contributed by atoms with Gasteiger partial charge in [-0.3, -0.25) is 14.5 Å². The summed E-state index contributed by atoms with van der Waals surface area (Å²) in [6.45, 7) is 4.33. The Morgan fingerprint density at radius 1 is 1.25 bits per heavy atom. The van der Waals surface area contributed by atoms with Crippen LogP contribution in [0, 0.1) is 5.92 Å². The molecule has 24 heavy (non-hydrogen) atoms. The number of anilines is 1. The molecule has 0 radical (unpaired) electrons. The van der Waals surface area contributed by atoms with Gasteiger partial charge in [-0.05, 0) is 44.4 Å². The van der Waals surface area contributed by atoms with Crippen LogP contribution in [-0.4, -0.2) is 30.8 Å². The summed E-state index contributed by atoms with van der Waals surface area (Å²) < 4.78 is 5.17. The first-order valence-electron chi connectivity index (χ1n) is 8.27. The van der Waals surface area contributed by atoms with Crippen molar-refractivity contribution in [1.82, 2.24) is 0 Å². The number of rotatable bonds is 8. The third-order valence-electron chi connectivity index (χ3n) is 3.88. The SMILES string of the molecule is CCCOC(=O)N(CC)c1cc(Cl)ccc1C(=O)CC(=O)C1CC1. The van der Waals surface area contributed by atoms with E-state index in [1.54, 1.807) is 25.1 Å². The van der Waals surface area contributed by atoms with Crippen molar-refractivity contribution in [2.45, 2.75) is 39.5 Å². The molecular weight excluding hydrogens is 330 g/mol. The summed E-state index contributed by atoms with van der Waals surface area (Å²) >= 11 is 6.04. The molecule has 1 aliphatic rings. The van der Waals surface area contributed by atoms with E-state index in [1.165, 1.54) is 4.90 Å². The highest BCUT2D eigenvalue weighted by Crippen LogP contribution is 2.32. The first-order chi connectivity index (χ1) is 11.5. The number of halogens is 1. The van der Waals surface area contributed by atoms with Crippen LogP contribution in [-0.2, 0) is 9.53 Å². The zero-order valence-corrected chi connectivity index (χ0v) is 14.8. The summed E-state index contributed by atoms with van der Waals surface area (Å²) in [7, 11) is 0. The van der Waals surface area contributed by atoms with Crippen molar-refractivity contribution in [2.24, 2.45) is 5.92 Å². The topological polar surface area (TPSA) is 63.7 Å². The van der Waals surface area contributed by atoms with Crippen LogP contribution in [0.2, 0.25) is 5.02 Å². The van der Waals surface area contributed by atoms with E-state index in [1.807, 2.05) is 6.92 Å². The van der Waals surface area contributed by atoms with Crippen molar-refractivity contribution in [3.63, 3.8) is 0 Å². The Bertz CT molecular complexity index is 640. The zero-order chi connectivity index (χ0) is 17.7. The summed E-state index contributed by atoms with van der Waals surface area (Å²) in [5.41, 5.74) is 0.711. The van der Waals surface area contributed by atoms with Gasteiger partial charge < -0.3 is 4.74 Å². The normalized spacial score (nSPS) is 13.5. The molecule has 1 fully saturated rings. The van der Waals surface area contributed by atoms with E-state index in [-0.39, 0.29) is 23.9 Å². The molecule has 0 bridgehead atoms. The average Bonchev–Trinajstić information content (AvgIpc) is 3.38. The number of Topliss-reactive ketones (excluding diaryl/α,β-unsaturated/α-hetero) is 2. The van der Waals surface area contributed by atoms with Crippen LogP contribution in [0.3, 0.4) is 0 Å². The molecule has 0 aromatic heterocycles. The molecule has 0 N–H and O–H groups in total. The lowest BCUT2D eigenvalue weighted by Gasteiger charge is -2.23. The third kappa shape index (κ3) is 4.57. The first-order valence-corrected chi connectivity index (χ1v) is 8.65. The van der Waals surface area contributed by atoms with Crippen LogP contribution in [0.4, 0.5) is 10.5 Å². The van der Waals surface area contributed by atoms with E-state index in [0.717, 1.165) is 12.8 Å². The van der Waals surface area contributed by atoms with Crippen molar-refractivity contribution in [3.8, 4) is 0 Å². The van der Waals surface area contributed by atoms with Crippen molar-refractivity contribution in [1.29, 1.82) is 0 Å². The van der Waals surface area contributed by atoms with Crippen LogP contribution in [0.5, 0.6) is 0 Å². The summed E-state index contributed by atoms with van der Waals surface area (Å²) in [5.74, 6) is -0.292. The van der Waals surface area contributed by atoms with Gasteiger partial charge in [0.15, 0.2) is 5.78 Å². The van der Waals surface area contributed by atoms with Gasteiger partial charge in [0, 0.05) is 23.0 Å². The Hall–Kier alpha value is -1.88. The quantitative estimate of drug-likeness (QED) is 0.518. The molecule has 1 amide bonds. The fourth-order valence-corrected chi connectivity index (χ4v) is 2.60. The molecule has 5 nitrogen and oxygen atoms in total. The number of nitrogens with zero attached hydrogens (tertiary/aromatic N) is 1. The number of carbonyl (C=O) groups excluding carboxylic acids is 3. The van der Waals surface area contributed by atoms with Crippen molar-refractivity contribution < 1.29 is 19.1 Å². The van der Waals surface area contributed by atoms with Crippen LogP contribution >= 0.6 is 11.6 Å². The second-order valence-corrected chi connectivity index (χ2v) is 6.30. The maximum atomic E-state index is 12.5. The van der Waals surface area contributed by atoms with Gasteiger partial charge in [0.1, 0.15) is 5.78 Å². The Morgan fingerprint density at radius 2 is 1.96 bits per heavy atom. The van der Waals surface area contributed by atoms with E-state index in [9.17, 15) is 14.4 Å². The predicted octanol–water partition coefficient (Wildman–Crippen LogP) is 4.26. The Kier molecular flexibility index (Phi) is 6.37. The fourth-order valence-electron chi connectivity index (χ4n) is 2.43. The average molecular weight is 352 g/mol. The van der Waals surface area contributed by atoms with Crippen LogP contribution in [0.25, 0.3) is 0 Å². The number of ketones is 2. The highest BCUT2D eigenvalue weighted by molar-refractivity contribution is 6.31. The molecule has 0 atom stereocenters. The van der Waals surface area contributed by atoms with Gasteiger partial charge in [0.05, 0.1) is 18.7 Å². The zero-order valence-electron chi connectivity index (χ0n) is 14.0. The highest BCUT2D eigenvalue weighted by atomic mass is 35.5. The summed E-state index contributed by atoms with van der Waals surface area (Å²) in [6.07, 6.45) is 1.78. The lowest BCUT2D eigenvalue weighted by atomic mass is 10.0. The molecule has 0 heterocycles. The maximum absolute atomic E-state index is 12.5. The predicted molar refractivity (Wildman–Crippen MR) is 92.8 cm³/mol. The second kappa shape index (κ2) is 8.29. The molecule has 1 saturated carbocycles. The molecule has 2 rings (SSSR count). The Morgan fingerprint density at radius 3 is 2.54 bits per heavy atom. The molecular formula is C18H22ClNO4. The first kappa shape index (κ1) is 18.5. The van der Waals surface area contributed by atoms with E-state index in [0.29, 0.717) is 35.8 Å². The van der Waals surface area contributed by atoms with Crippen molar-refractivity contribution in [3.05, 3.63) is 28.8 Å². The van der Waals surface area contributed by atoms with Gasteiger partial charge in [-0.1, -0.05) is 18.5 Å². The minimum Gasteiger partial charge on any atom is -0.449 e. The number of carbonyl (C=O) groups is 3. The lowest BCUT2D eigenvalue weighted by Crippen LogP contribution is -2.33. The highest BCUT2D eigenvalue weighted by Gasteiger charge is 2.32. The molecule has 0 spiro atoms. The number of ether oxygens (including phenoxy) is 1.